The molecule has 0 spiro atoms. The van der Waals surface area contributed by atoms with Gasteiger partial charge >= 0.3 is 6.09 Å². The number of carbonyl (C=O) groups is 2. The predicted octanol–water partition coefficient (Wildman–Crippen LogP) is 4.92. The first-order valence-corrected chi connectivity index (χ1v) is 12.1. The second-order valence-corrected chi connectivity index (χ2v) is 10.4. The first-order valence-electron chi connectivity index (χ1n) is 11.1. The Kier molecular flexibility index (Phi) is 5.39. The maximum Gasteiger partial charge on any atom is 0.410 e. The Balaban J connectivity index is 1.55. The molecule has 176 valence electrons. The van der Waals surface area contributed by atoms with E-state index in [4.69, 9.17) is 4.74 Å². The molecule has 7 nitrogen and oxygen atoms in total. The molecular formula is C25H25FN4O3S. The number of nitrogens with zero attached hydrogens (tertiary/aromatic N) is 4. The van der Waals surface area contributed by atoms with Crippen LogP contribution < -0.4 is 0 Å². The van der Waals surface area contributed by atoms with Crippen molar-refractivity contribution in [2.75, 3.05) is 13.1 Å². The molecule has 0 saturated carbocycles. The minimum Gasteiger partial charge on any atom is -0.444 e. The summed E-state index contributed by atoms with van der Waals surface area (Å²) in [7, 11) is 0. The number of rotatable bonds is 3. The van der Waals surface area contributed by atoms with E-state index in [1.165, 1.54) is 23.5 Å². The van der Waals surface area contributed by atoms with Gasteiger partial charge < -0.3 is 9.64 Å². The zero-order valence-corrected chi connectivity index (χ0v) is 20.1. The van der Waals surface area contributed by atoms with E-state index in [-0.39, 0.29) is 18.1 Å². The Morgan fingerprint density at radius 3 is 2.65 bits per heavy atom. The van der Waals surface area contributed by atoms with E-state index in [2.05, 4.69) is 10.1 Å². The van der Waals surface area contributed by atoms with Gasteiger partial charge in [0.1, 0.15) is 17.1 Å². The van der Waals surface area contributed by atoms with Crippen LogP contribution in [-0.4, -0.2) is 50.2 Å². The summed E-state index contributed by atoms with van der Waals surface area (Å²) in [6.07, 6.45) is 4.25. The predicted molar refractivity (Wildman–Crippen MR) is 127 cm³/mol. The third kappa shape index (κ3) is 3.94. The molecule has 2 aromatic heterocycles. The van der Waals surface area contributed by atoms with Crippen LogP contribution in [0.5, 0.6) is 0 Å². The Bertz CT molecular complexity index is 1270. The number of aromatic nitrogens is 3. The standard InChI is InChI=1S/C25H25FN4O3S/c1-24(2,3)33-23(32)29-9-8-17-10-21-16(12-28-30(21)19-6-4-18(26)5-7-19)11-25(17,14-29)22(31)20-13-34-15-27-20/h4-7,10,12-13,15H,8-9,11,14H2,1-3H3/t25-/m0/s1. The van der Waals surface area contributed by atoms with Crippen molar-refractivity contribution >= 4 is 29.3 Å². The number of likely N-dealkylation sites (tertiary alicyclic amines) is 1. The maximum atomic E-state index is 13.9. The average Bonchev–Trinajstić information content (AvgIpc) is 3.46. The molecule has 1 saturated heterocycles. The molecule has 0 unspecified atom stereocenters. The normalized spacial score (nSPS) is 19.8. The quantitative estimate of drug-likeness (QED) is 0.498. The summed E-state index contributed by atoms with van der Waals surface area (Å²) in [4.78, 5) is 32.7. The zero-order valence-electron chi connectivity index (χ0n) is 19.2. The molecule has 1 fully saturated rings. The molecule has 2 aliphatic rings. The summed E-state index contributed by atoms with van der Waals surface area (Å²) in [6.45, 7) is 6.14. The van der Waals surface area contributed by atoms with Gasteiger partial charge in [-0.1, -0.05) is 5.57 Å². The van der Waals surface area contributed by atoms with Crippen molar-refractivity contribution in [3.8, 4) is 5.69 Å². The van der Waals surface area contributed by atoms with Crippen LogP contribution in [0.3, 0.4) is 0 Å². The second kappa shape index (κ2) is 8.16. The van der Waals surface area contributed by atoms with Gasteiger partial charge in [0.05, 0.1) is 28.5 Å². The van der Waals surface area contributed by atoms with Gasteiger partial charge in [-0.3, -0.25) is 4.79 Å². The summed E-state index contributed by atoms with van der Waals surface area (Å²) < 4.78 is 20.8. The van der Waals surface area contributed by atoms with Crippen molar-refractivity contribution in [2.45, 2.75) is 39.2 Å². The molecule has 3 heterocycles. The van der Waals surface area contributed by atoms with E-state index < -0.39 is 17.1 Å². The molecule has 0 bridgehead atoms. The highest BCUT2D eigenvalue weighted by Crippen LogP contribution is 2.46. The summed E-state index contributed by atoms with van der Waals surface area (Å²) in [6, 6.07) is 6.15. The van der Waals surface area contributed by atoms with Crippen molar-refractivity contribution in [3.05, 3.63) is 69.7 Å². The highest BCUT2D eigenvalue weighted by atomic mass is 32.1. The van der Waals surface area contributed by atoms with Crippen LogP contribution in [0, 0.1) is 11.2 Å². The lowest BCUT2D eigenvalue weighted by Gasteiger charge is -2.45. The molecular weight excluding hydrogens is 455 g/mol. The van der Waals surface area contributed by atoms with Gasteiger partial charge in [0.25, 0.3) is 0 Å². The largest absolute Gasteiger partial charge is 0.444 e. The molecule has 1 atom stereocenters. The molecule has 1 amide bonds. The third-order valence-electron chi connectivity index (χ3n) is 6.24. The monoisotopic (exact) mass is 480 g/mol. The number of thiazole rings is 1. The summed E-state index contributed by atoms with van der Waals surface area (Å²) in [5.41, 5.74) is 3.92. The number of carbonyl (C=O) groups excluding carboxylic acids is 2. The third-order valence-corrected chi connectivity index (χ3v) is 6.82. The van der Waals surface area contributed by atoms with Gasteiger partial charge in [-0.2, -0.15) is 5.10 Å². The van der Waals surface area contributed by atoms with Crippen molar-refractivity contribution in [1.82, 2.24) is 19.7 Å². The smallest absolute Gasteiger partial charge is 0.410 e. The number of amides is 1. The molecule has 9 heteroatoms. The molecule has 1 aliphatic carbocycles. The van der Waals surface area contributed by atoms with Crippen LogP contribution in [0.4, 0.5) is 9.18 Å². The number of hydrogen-bond acceptors (Lipinski definition) is 6. The fraction of sp³-hybridized carbons (Fsp3) is 0.360. The molecule has 0 radical (unpaired) electrons. The van der Waals surface area contributed by atoms with Crippen molar-refractivity contribution in [2.24, 2.45) is 5.41 Å². The highest BCUT2D eigenvalue weighted by Gasteiger charge is 2.50. The van der Waals surface area contributed by atoms with E-state index in [9.17, 15) is 14.0 Å². The Hall–Kier alpha value is -3.33. The van der Waals surface area contributed by atoms with E-state index in [1.807, 2.05) is 26.8 Å². The number of piperidine rings is 1. The fourth-order valence-corrected chi connectivity index (χ4v) is 5.22. The minimum absolute atomic E-state index is 0.103. The van der Waals surface area contributed by atoms with Gasteiger partial charge in [0, 0.05) is 18.5 Å². The van der Waals surface area contributed by atoms with Gasteiger partial charge in [-0.25, -0.2) is 18.9 Å². The van der Waals surface area contributed by atoms with E-state index in [0.717, 1.165) is 22.5 Å². The second-order valence-electron chi connectivity index (χ2n) is 9.73. The lowest BCUT2D eigenvalue weighted by Crippen LogP contribution is -2.54. The van der Waals surface area contributed by atoms with Crippen LogP contribution >= 0.6 is 11.3 Å². The van der Waals surface area contributed by atoms with E-state index >= 15 is 0 Å². The Labute approximate surface area is 200 Å². The molecule has 1 aliphatic heterocycles. The maximum absolute atomic E-state index is 13.9. The number of ether oxygens (including phenoxy) is 1. The summed E-state index contributed by atoms with van der Waals surface area (Å²) >= 11 is 1.37. The van der Waals surface area contributed by atoms with Crippen molar-refractivity contribution in [3.63, 3.8) is 0 Å². The summed E-state index contributed by atoms with van der Waals surface area (Å²) in [5, 5.41) is 6.28. The number of hydrogen-bond donors (Lipinski definition) is 0. The van der Waals surface area contributed by atoms with Crippen LogP contribution in [-0.2, 0) is 11.2 Å². The number of fused-ring (bicyclic) bond motifs is 2. The first kappa shape index (κ1) is 22.5. The van der Waals surface area contributed by atoms with Gasteiger partial charge in [0.2, 0.25) is 0 Å². The van der Waals surface area contributed by atoms with Gasteiger partial charge in [0.15, 0.2) is 5.78 Å². The van der Waals surface area contributed by atoms with Gasteiger partial charge in [-0.05, 0) is 69.5 Å². The lowest BCUT2D eigenvalue weighted by atomic mass is 9.65. The van der Waals surface area contributed by atoms with Crippen LogP contribution in [0.1, 0.15) is 48.9 Å². The molecule has 0 N–H and O–H groups in total. The first-order chi connectivity index (χ1) is 16.2. The number of halogens is 1. The number of Topliss-reactive ketones (excluding diaryl/α,β-unsaturated/α-hetero) is 1. The highest BCUT2D eigenvalue weighted by molar-refractivity contribution is 7.07. The van der Waals surface area contributed by atoms with Crippen LogP contribution in [0.25, 0.3) is 11.8 Å². The molecule has 1 aromatic carbocycles. The Morgan fingerprint density at radius 2 is 1.97 bits per heavy atom. The zero-order chi connectivity index (χ0) is 24.1. The van der Waals surface area contributed by atoms with E-state index in [0.29, 0.717) is 25.1 Å². The molecule has 34 heavy (non-hydrogen) atoms. The topological polar surface area (TPSA) is 77.3 Å². The molecule has 5 rings (SSSR count). The van der Waals surface area contributed by atoms with Crippen LogP contribution in [0.15, 0.2) is 46.9 Å². The van der Waals surface area contributed by atoms with Crippen LogP contribution in [0.2, 0.25) is 0 Å². The fourth-order valence-electron chi connectivity index (χ4n) is 4.69. The Morgan fingerprint density at radius 1 is 1.21 bits per heavy atom. The SMILES string of the molecule is CC(C)(C)OC(=O)N1CCC2=Cc3c(cnn3-c3ccc(F)cc3)C[C@]2(C(=O)c2cscn2)C1. The summed E-state index contributed by atoms with van der Waals surface area (Å²) in [5.74, 6) is -0.418. The van der Waals surface area contributed by atoms with Gasteiger partial charge in [-0.15, -0.1) is 11.3 Å². The molecule has 3 aromatic rings. The minimum atomic E-state index is -0.938. The van der Waals surface area contributed by atoms with E-state index in [1.54, 1.807) is 38.8 Å². The number of ketones is 1. The lowest BCUT2D eigenvalue weighted by molar-refractivity contribution is 0.0138. The average molecular weight is 481 g/mol. The van der Waals surface area contributed by atoms with Crippen molar-refractivity contribution in [1.29, 1.82) is 0 Å². The number of benzene rings is 1. The van der Waals surface area contributed by atoms with Crippen molar-refractivity contribution < 1.29 is 18.7 Å².